The normalized spacial score (nSPS) is 30.0. The van der Waals surface area contributed by atoms with Crippen molar-refractivity contribution in [3.05, 3.63) is 35.9 Å². The minimum atomic E-state index is -1.13. The second kappa shape index (κ2) is 8.81. The minimum Gasteiger partial charge on any atom is -0.353 e. The third kappa shape index (κ3) is 3.98. The Labute approximate surface area is 181 Å². The smallest absolute Gasteiger partial charge is 0.226 e. The summed E-state index contributed by atoms with van der Waals surface area (Å²) in [5, 5.41) is 22.7. The monoisotopic (exact) mass is 405 g/mol. The number of unbranched alkanes of at least 4 members (excludes halogenated alkanes) is 1. The van der Waals surface area contributed by atoms with Crippen LogP contribution in [0.3, 0.4) is 0 Å². The zero-order valence-corrected chi connectivity index (χ0v) is 18.8. The average molecular weight is 406 g/mol. The molecular weight excluding hydrogens is 370 g/mol. The Hall–Kier alpha value is -2.33. The van der Waals surface area contributed by atoms with Gasteiger partial charge in [0, 0.05) is 12.0 Å². The summed E-state index contributed by atoms with van der Waals surface area (Å²) in [6.45, 7) is 8.90. The molecule has 0 bridgehead atoms. The molecule has 4 nitrogen and oxygen atoms in total. The molecule has 5 atom stereocenters. The van der Waals surface area contributed by atoms with Crippen molar-refractivity contribution in [2.24, 2.45) is 29.1 Å². The van der Waals surface area contributed by atoms with E-state index >= 15 is 0 Å². The predicted molar refractivity (Wildman–Crippen MR) is 118 cm³/mol. The molecule has 0 saturated heterocycles. The summed E-state index contributed by atoms with van der Waals surface area (Å²) in [6.07, 6.45) is 5.91. The lowest BCUT2D eigenvalue weighted by Crippen LogP contribution is -2.51. The number of benzene rings is 1. The molecule has 1 amide bonds. The van der Waals surface area contributed by atoms with Crippen LogP contribution in [0.4, 0.5) is 0 Å². The van der Waals surface area contributed by atoms with E-state index in [2.05, 4.69) is 69.4 Å². The number of carbonyl (C=O) groups is 1. The van der Waals surface area contributed by atoms with Gasteiger partial charge in [0.05, 0.1) is 18.1 Å². The first-order valence-electron chi connectivity index (χ1n) is 11.5. The molecule has 0 unspecified atom stereocenters. The molecule has 0 aliphatic heterocycles. The fourth-order valence-corrected chi connectivity index (χ4v) is 5.76. The Balaban J connectivity index is 1.80. The first-order chi connectivity index (χ1) is 14.3. The highest BCUT2D eigenvalue weighted by Gasteiger charge is 2.69. The predicted octanol–water partition coefficient (Wildman–Crippen LogP) is 5.35. The summed E-state index contributed by atoms with van der Waals surface area (Å²) in [5.74, 6) is 0.175. The average Bonchev–Trinajstić information content (AvgIpc) is 3.40. The molecule has 30 heavy (non-hydrogen) atoms. The van der Waals surface area contributed by atoms with Crippen molar-refractivity contribution < 1.29 is 4.79 Å². The molecule has 2 saturated carbocycles. The summed E-state index contributed by atoms with van der Waals surface area (Å²) in [4.78, 5) is 13.3. The van der Waals surface area contributed by atoms with Gasteiger partial charge in [-0.1, -0.05) is 77.3 Å². The van der Waals surface area contributed by atoms with Crippen molar-refractivity contribution in [2.45, 2.75) is 77.7 Å². The number of nitrogens with one attached hydrogen (secondary N) is 1. The number of rotatable bonds is 7. The Bertz CT molecular complexity index is 818. The van der Waals surface area contributed by atoms with Crippen LogP contribution >= 0.6 is 0 Å². The van der Waals surface area contributed by atoms with E-state index in [4.69, 9.17) is 0 Å². The Morgan fingerprint density at radius 1 is 1.20 bits per heavy atom. The van der Waals surface area contributed by atoms with Crippen molar-refractivity contribution >= 4 is 5.91 Å². The molecule has 2 aliphatic rings. The van der Waals surface area contributed by atoms with Gasteiger partial charge in [-0.2, -0.15) is 10.5 Å². The van der Waals surface area contributed by atoms with Crippen LogP contribution in [0.2, 0.25) is 0 Å². The lowest BCUT2D eigenvalue weighted by Gasteiger charge is -2.45. The van der Waals surface area contributed by atoms with Gasteiger partial charge in [-0.15, -0.1) is 0 Å². The maximum atomic E-state index is 13.3. The van der Waals surface area contributed by atoms with E-state index in [9.17, 15) is 15.3 Å². The van der Waals surface area contributed by atoms with E-state index in [0.717, 1.165) is 38.5 Å². The first kappa shape index (κ1) is 22.4. The molecule has 0 aromatic heterocycles. The lowest BCUT2D eigenvalue weighted by molar-refractivity contribution is -0.124. The number of hydrogen-bond donors (Lipinski definition) is 1. The fourth-order valence-electron chi connectivity index (χ4n) is 5.76. The van der Waals surface area contributed by atoms with Crippen LogP contribution in [0.25, 0.3) is 0 Å². The standard InChI is InChI=1S/C26H35N3O/c1-5-6-12-21-23(26(21,16-27)17-28)24(30)29-22-15-18(2)13-14-20(22)25(3,4)19-10-8-7-9-11-19/h7-11,18,20-23H,5-6,12-15H2,1-4H3,(H,29,30)/t18-,20-,21-,22-,23+/m1/s1. The van der Waals surface area contributed by atoms with Crippen LogP contribution in [0.1, 0.15) is 71.8 Å². The molecule has 2 fully saturated rings. The lowest BCUT2D eigenvalue weighted by atomic mass is 9.63. The van der Waals surface area contributed by atoms with Crippen molar-refractivity contribution in [3.8, 4) is 12.1 Å². The number of carbonyl (C=O) groups excluding carboxylic acids is 1. The molecule has 2 aliphatic carbocycles. The number of hydrogen-bond acceptors (Lipinski definition) is 3. The topological polar surface area (TPSA) is 76.7 Å². The number of nitriles is 2. The van der Waals surface area contributed by atoms with Gasteiger partial charge in [0.2, 0.25) is 5.91 Å². The quantitative estimate of drug-likeness (QED) is 0.664. The van der Waals surface area contributed by atoms with E-state index in [0.29, 0.717) is 11.8 Å². The van der Waals surface area contributed by atoms with Crippen LogP contribution in [0.15, 0.2) is 30.3 Å². The van der Waals surface area contributed by atoms with Gasteiger partial charge in [-0.25, -0.2) is 0 Å². The SMILES string of the molecule is CCCC[C@@H]1[C@@H](C(=O)N[C@@H]2C[C@H](C)CC[C@H]2C(C)(C)c2ccccc2)C1(C#N)C#N. The molecule has 1 aromatic rings. The third-order valence-corrected chi connectivity index (χ3v) is 7.77. The second-order valence-electron chi connectivity index (χ2n) is 10.0. The molecule has 4 heteroatoms. The van der Waals surface area contributed by atoms with Crippen molar-refractivity contribution in [3.63, 3.8) is 0 Å². The molecule has 0 heterocycles. The zero-order chi connectivity index (χ0) is 21.9. The maximum absolute atomic E-state index is 13.3. The summed E-state index contributed by atoms with van der Waals surface area (Å²) < 4.78 is 0. The van der Waals surface area contributed by atoms with Gasteiger partial charge in [0.1, 0.15) is 0 Å². The Morgan fingerprint density at radius 3 is 2.47 bits per heavy atom. The van der Waals surface area contributed by atoms with Gasteiger partial charge in [-0.05, 0) is 42.1 Å². The van der Waals surface area contributed by atoms with Crippen LogP contribution in [-0.2, 0) is 10.2 Å². The number of amides is 1. The second-order valence-corrected chi connectivity index (χ2v) is 10.0. The van der Waals surface area contributed by atoms with Crippen LogP contribution in [0.5, 0.6) is 0 Å². The van der Waals surface area contributed by atoms with Crippen molar-refractivity contribution in [1.82, 2.24) is 5.32 Å². The molecule has 1 aromatic carbocycles. The summed E-state index contributed by atoms with van der Waals surface area (Å²) in [6, 6.07) is 15.0. The molecule has 160 valence electrons. The summed E-state index contributed by atoms with van der Waals surface area (Å²) >= 11 is 0. The summed E-state index contributed by atoms with van der Waals surface area (Å²) in [7, 11) is 0. The van der Waals surface area contributed by atoms with Gasteiger partial charge in [0.25, 0.3) is 0 Å². The van der Waals surface area contributed by atoms with E-state index in [-0.39, 0.29) is 23.3 Å². The maximum Gasteiger partial charge on any atom is 0.226 e. The van der Waals surface area contributed by atoms with Crippen molar-refractivity contribution in [2.75, 3.05) is 0 Å². The van der Waals surface area contributed by atoms with Gasteiger partial charge in [-0.3, -0.25) is 4.79 Å². The van der Waals surface area contributed by atoms with Crippen LogP contribution in [0, 0.1) is 51.7 Å². The van der Waals surface area contributed by atoms with Crippen molar-refractivity contribution in [1.29, 1.82) is 10.5 Å². The number of nitrogens with zero attached hydrogens (tertiary/aromatic N) is 2. The van der Waals surface area contributed by atoms with E-state index in [1.54, 1.807) is 0 Å². The molecule has 0 spiro atoms. The highest BCUT2D eigenvalue weighted by molar-refractivity contribution is 5.85. The molecule has 3 rings (SSSR count). The van der Waals surface area contributed by atoms with E-state index < -0.39 is 11.3 Å². The highest BCUT2D eigenvalue weighted by atomic mass is 16.2. The van der Waals surface area contributed by atoms with Crippen LogP contribution < -0.4 is 5.32 Å². The fraction of sp³-hybridized carbons (Fsp3) is 0.654. The first-order valence-corrected chi connectivity index (χ1v) is 11.5. The Morgan fingerprint density at radius 2 is 1.87 bits per heavy atom. The zero-order valence-electron chi connectivity index (χ0n) is 18.8. The molecule has 0 radical (unpaired) electrons. The third-order valence-electron chi connectivity index (χ3n) is 7.77. The highest BCUT2D eigenvalue weighted by Crippen LogP contribution is 2.60. The van der Waals surface area contributed by atoms with Gasteiger partial charge >= 0.3 is 0 Å². The molecular formula is C26H35N3O. The minimum absolute atomic E-state index is 0.0634. The molecule has 1 N–H and O–H groups in total. The van der Waals surface area contributed by atoms with Gasteiger partial charge in [0.15, 0.2) is 5.41 Å². The van der Waals surface area contributed by atoms with Gasteiger partial charge < -0.3 is 5.32 Å². The summed E-state index contributed by atoms with van der Waals surface area (Å²) in [5.41, 5.74) is 0.0928. The van der Waals surface area contributed by atoms with E-state index in [1.807, 2.05) is 6.07 Å². The Kier molecular flexibility index (Phi) is 6.56. The largest absolute Gasteiger partial charge is 0.353 e. The van der Waals surface area contributed by atoms with E-state index in [1.165, 1.54) is 5.56 Å². The van der Waals surface area contributed by atoms with Crippen LogP contribution in [-0.4, -0.2) is 11.9 Å².